The van der Waals surface area contributed by atoms with Crippen molar-refractivity contribution in [3.63, 3.8) is 0 Å². The van der Waals surface area contributed by atoms with Crippen LogP contribution in [0, 0.1) is 9.39 Å². The highest BCUT2D eigenvalue weighted by Crippen LogP contribution is 2.26. The molecule has 0 saturated carbocycles. The van der Waals surface area contributed by atoms with Crippen LogP contribution >= 0.6 is 22.6 Å². The first-order valence-electron chi connectivity index (χ1n) is 5.04. The third-order valence-corrected chi connectivity index (χ3v) is 2.87. The number of benzene rings is 1. The van der Waals surface area contributed by atoms with Crippen molar-refractivity contribution in [1.82, 2.24) is 4.90 Å². The normalized spacial score (nSPS) is 11.5. The molecule has 84 valence electrons. The molecule has 0 amide bonds. The fourth-order valence-corrected chi connectivity index (χ4v) is 2.41. The van der Waals surface area contributed by atoms with Crippen LogP contribution in [0.1, 0.15) is 30.9 Å². The Bertz CT molecular complexity index is 348. The van der Waals surface area contributed by atoms with Gasteiger partial charge >= 0.3 is 0 Å². The highest BCUT2D eigenvalue weighted by molar-refractivity contribution is 14.1. The average molecular weight is 321 g/mol. The molecule has 0 aliphatic carbocycles. The molecule has 0 bridgehead atoms. The van der Waals surface area contributed by atoms with E-state index >= 15 is 0 Å². The molecule has 0 atom stereocenters. The van der Waals surface area contributed by atoms with Gasteiger partial charge in [0.1, 0.15) is 5.82 Å². The molecule has 0 saturated heterocycles. The van der Waals surface area contributed by atoms with Gasteiger partial charge in [-0.25, -0.2) is 4.39 Å². The molecule has 1 aromatic carbocycles. The Morgan fingerprint density at radius 3 is 2.40 bits per heavy atom. The maximum Gasteiger partial charge on any atom is 0.128 e. The minimum atomic E-state index is -0.0752. The number of nitrogens with zero attached hydrogens (tertiary/aromatic N) is 1. The molecule has 15 heavy (non-hydrogen) atoms. The molecule has 0 radical (unpaired) electrons. The molecular weight excluding hydrogens is 304 g/mol. The number of rotatable bonds is 3. The monoisotopic (exact) mass is 321 g/mol. The lowest BCUT2D eigenvalue weighted by molar-refractivity contribution is 0.398. The zero-order chi connectivity index (χ0) is 11.6. The fraction of sp³-hybridized carbons (Fsp3) is 0.500. The van der Waals surface area contributed by atoms with Crippen LogP contribution < -0.4 is 0 Å². The summed E-state index contributed by atoms with van der Waals surface area (Å²) in [6.45, 7) is 4.86. The summed E-state index contributed by atoms with van der Waals surface area (Å²) in [4.78, 5) is 2.07. The summed E-state index contributed by atoms with van der Waals surface area (Å²) in [6, 6.07) is 3.67. The van der Waals surface area contributed by atoms with Gasteiger partial charge in [0.25, 0.3) is 0 Å². The quantitative estimate of drug-likeness (QED) is 0.769. The van der Waals surface area contributed by atoms with Crippen LogP contribution in [-0.4, -0.2) is 19.0 Å². The summed E-state index contributed by atoms with van der Waals surface area (Å²) in [5.74, 6) is 0.158. The minimum Gasteiger partial charge on any atom is -0.305 e. The summed E-state index contributed by atoms with van der Waals surface area (Å²) >= 11 is 2.16. The Morgan fingerprint density at radius 2 is 1.93 bits per heavy atom. The number of hydrogen-bond donors (Lipinski definition) is 0. The summed E-state index contributed by atoms with van der Waals surface area (Å²) in [6.07, 6.45) is 0. The van der Waals surface area contributed by atoms with Gasteiger partial charge in [-0.05, 0) is 65.9 Å². The minimum absolute atomic E-state index is 0.0752. The second-order valence-electron chi connectivity index (χ2n) is 4.35. The van der Waals surface area contributed by atoms with Crippen LogP contribution in [0.2, 0.25) is 0 Å². The van der Waals surface area contributed by atoms with E-state index in [0.717, 1.165) is 21.2 Å². The van der Waals surface area contributed by atoms with Crippen LogP contribution in [0.3, 0.4) is 0 Å². The van der Waals surface area contributed by atoms with Crippen molar-refractivity contribution in [2.24, 2.45) is 0 Å². The van der Waals surface area contributed by atoms with E-state index in [0.29, 0.717) is 0 Å². The van der Waals surface area contributed by atoms with Gasteiger partial charge in [0, 0.05) is 10.1 Å². The maximum atomic E-state index is 13.8. The molecule has 0 heterocycles. The molecule has 0 aliphatic rings. The third-order valence-electron chi connectivity index (χ3n) is 2.24. The van der Waals surface area contributed by atoms with Crippen LogP contribution in [0.4, 0.5) is 4.39 Å². The molecule has 0 fully saturated rings. The number of hydrogen-bond acceptors (Lipinski definition) is 1. The van der Waals surface area contributed by atoms with Gasteiger partial charge in [0.2, 0.25) is 0 Å². The zero-order valence-electron chi connectivity index (χ0n) is 9.64. The Balaban J connectivity index is 3.20. The van der Waals surface area contributed by atoms with Gasteiger partial charge in [-0.1, -0.05) is 13.8 Å². The van der Waals surface area contributed by atoms with E-state index < -0.39 is 0 Å². The van der Waals surface area contributed by atoms with Crippen LogP contribution in [0.5, 0.6) is 0 Å². The first-order chi connectivity index (χ1) is 6.91. The van der Waals surface area contributed by atoms with Crippen molar-refractivity contribution < 1.29 is 4.39 Å². The van der Waals surface area contributed by atoms with Crippen molar-refractivity contribution in [2.45, 2.75) is 26.3 Å². The van der Waals surface area contributed by atoms with Gasteiger partial charge in [-0.3, -0.25) is 0 Å². The van der Waals surface area contributed by atoms with Crippen molar-refractivity contribution in [3.8, 4) is 0 Å². The topological polar surface area (TPSA) is 3.24 Å². The van der Waals surface area contributed by atoms with Gasteiger partial charge in [0.15, 0.2) is 0 Å². The van der Waals surface area contributed by atoms with Gasteiger partial charge in [-0.15, -0.1) is 0 Å². The molecule has 0 unspecified atom stereocenters. The van der Waals surface area contributed by atoms with E-state index in [4.69, 9.17) is 0 Å². The van der Waals surface area contributed by atoms with E-state index in [1.807, 2.05) is 27.9 Å². The average Bonchev–Trinajstić information content (AvgIpc) is 1.99. The highest BCUT2D eigenvalue weighted by atomic mass is 127. The molecule has 1 nitrogen and oxygen atoms in total. The second kappa shape index (κ2) is 5.25. The molecule has 0 aromatic heterocycles. The molecule has 0 aliphatic heterocycles. The fourth-order valence-electron chi connectivity index (χ4n) is 1.76. The van der Waals surface area contributed by atoms with Gasteiger partial charge in [0.05, 0.1) is 0 Å². The lowest BCUT2D eigenvalue weighted by Gasteiger charge is -2.17. The van der Waals surface area contributed by atoms with Crippen LogP contribution in [0.15, 0.2) is 12.1 Å². The van der Waals surface area contributed by atoms with Crippen LogP contribution in [0.25, 0.3) is 0 Å². The van der Waals surface area contributed by atoms with Crippen molar-refractivity contribution in [1.29, 1.82) is 0 Å². The lowest BCUT2D eigenvalue weighted by Crippen LogP contribution is -2.14. The Kier molecular flexibility index (Phi) is 4.52. The Labute approximate surface area is 105 Å². The van der Waals surface area contributed by atoms with E-state index in [9.17, 15) is 4.39 Å². The van der Waals surface area contributed by atoms with Gasteiger partial charge < -0.3 is 4.90 Å². The molecular formula is C12H17FIN. The smallest absolute Gasteiger partial charge is 0.128 e. The molecule has 0 N–H and O–H groups in total. The third kappa shape index (κ3) is 3.41. The van der Waals surface area contributed by atoms with E-state index in [-0.39, 0.29) is 11.7 Å². The molecule has 1 rings (SSSR count). The van der Waals surface area contributed by atoms with Crippen LogP contribution in [-0.2, 0) is 6.54 Å². The standard InChI is InChI=1S/C12H17FIN/c1-8(2)12-9(7-15(3)4)5-10(14)6-11(12)13/h5-6,8H,7H2,1-4H3. The van der Waals surface area contributed by atoms with E-state index in [1.165, 1.54) is 0 Å². The van der Waals surface area contributed by atoms with E-state index in [2.05, 4.69) is 33.6 Å². The van der Waals surface area contributed by atoms with Crippen molar-refractivity contribution >= 4 is 22.6 Å². The summed E-state index contributed by atoms with van der Waals surface area (Å²) < 4.78 is 14.8. The first kappa shape index (κ1) is 12.9. The summed E-state index contributed by atoms with van der Waals surface area (Å²) in [7, 11) is 4.00. The Morgan fingerprint density at radius 1 is 1.33 bits per heavy atom. The largest absolute Gasteiger partial charge is 0.305 e. The number of halogens is 2. The molecule has 3 heteroatoms. The van der Waals surface area contributed by atoms with E-state index in [1.54, 1.807) is 6.07 Å². The summed E-state index contributed by atoms with van der Waals surface area (Å²) in [5, 5.41) is 0. The molecule has 1 aromatic rings. The zero-order valence-corrected chi connectivity index (χ0v) is 11.8. The van der Waals surface area contributed by atoms with Crippen molar-refractivity contribution in [3.05, 3.63) is 32.6 Å². The van der Waals surface area contributed by atoms with Crippen molar-refractivity contribution in [2.75, 3.05) is 14.1 Å². The summed E-state index contributed by atoms with van der Waals surface area (Å²) in [5.41, 5.74) is 1.95. The lowest BCUT2D eigenvalue weighted by atomic mass is 9.96. The Hall–Kier alpha value is -0.160. The molecule has 0 spiro atoms. The van der Waals surface area contributed by atoms with Gasteiger partial charge in [-0.2, -0.15) is 0 Å². The first-order valence-corrected chi connectivity index (χ1v) is 6.12. The SMILES string of the molecule is CC(C)c1c(F)cc(I)cc1CN(C)C. The second-order valence-corrected chi connectivity index (χ2v) is 5.60. The maximum absolute atomic E-state index is 13.8. The predicted molar refractivity (Wildman–Crippen MR) is 70.6 cm³/mol. The highest BCUT2D eigenvalue weighted by Gasteiger charge is 2.13. The predicted octanol–water partition coefficient (Wildman–Crippen LogP) is 3.62.